The summed E-state index contributed by atoms with van der Waals surface area (Å²) in [4.78, 5) is 14.0. The number of aliphatic hydroxyl groups excluding tert-OH is 1. The van der Waals surface area contributed by atoms with Crippen LogP contribution in [0.5, 0.6) is 0 Å². The summed E-state index contributed by atoms with van der Waals surface area (Å²) < 4.78 is 28.5. The molecule has 2 unspecified atom stereocenters. The fourth-order valence-electron chi connectivity index (χ4n) is 2.99. The zero-order valence-electron chi connectivity index (χ0n) is 12.0. The Labute approximate surface area is 120 Å². The number of carbonyl (C=O) groups is 1. The zero-order chi connectivity index (χ0) is 15.0. The van der Waals surface area contributed by atoms with Gasteiger partial charge in [-0.25, -0.2) is 8.42 Å². The van der Waals surface area contributed by atoms with E-state index in [1.165, 1.54) is 0 Å². The first-order valence-electron chi connectivity index (χ1n) is 6.98. The van der Waals surface area contributed by atoms with E-state index in [2.05, 4.69) is 0 Å². The summed E-state index contributed by atoms with van der Waals surface area (Å²) in [6, 6.07) is 0. The highest BCUT2D eigenvalue weighted by atomic mass is 32.2. The molecule has 2 saturated heterocycles. The summed E-state index contributed by atoms with van der Waals surface area (Å²) in [5, 5.41) is 9.23. The van der Waals surface area contributed by atoms with Crippen LogP contribution in [0.25, 0.3) is 0 Å². The second-order valence-corrected chi connectivity index (χ2v) is 8.66. The van der Waals surface area contributed by atoms with Crippen molar-refractivity contribution in [2.45, 2.75) is 38.4 Å². The van der Waals surface area contributed by atoms with Crippen molar-refractivity contribution in [2.24, 2.45) is 5.92 Å². The van der Waals surface area contributed by atoms with Crippen molar-refractivity contribution in [2.75, 3.05) is 31.2 Å². The largest absolute Gasteiger partial charge is 0.394 e. The molecule has 20 heavy (non-hydrogen) atoms. The Morgan fingerprint density at radius 3 is 2.70 bits per heavy atom. The second-order valence-electron chi connectivity index (χ2n) is 6.43. The number of morpholine rings is 1. The molecule has 0 bridgehead atoms. The molecule has 2 rings (SSSR count). The van der Waals surface area contributed by atoms with Gasteiger partial charge in [0.25, 0.3) is 0 Å². The average Bonchev–Trinajstić information content (AvgIpc) is 2.66. The zero-order valence-corrected chi connectivity index (χ0v) is 12.9. The van der Waals surface area contributed by atoms with E-state index < -0.39 is 15.4 Å². The molecule has 6 nitrogen and oxygen atoms in total. The lowest BCUT2D eigenvalue weighted by Gasteiger charge is -2.42. The van der Waals surface area contributed by atoms with Gasteiger partial charge in [0.05, 0.1) is 29.8 Å². The minimum Gasteiger partial charge on any atom is -0.394 e. The molecule has 2 aliphatic rings. The third kappa shape index (κ3) is 3.93. The maximum atomic E-state index is 12.3. The molecule has 2 heterocycles. The van der Waals surface area contributed by atoms with E-state index in [4.69, 9.17) is 4.74 Å². The number of hydrogen-bond acceptors (Lipinski definition) is 5. The quantitative estimate of drug-likeness (QED) is 0.781. The van der Waals surface area contributed by atoms with Crippen LogP contribution in [0, 0.1) is 5.92 Å². The fraction of sp³-hybridized carbons (Fsp3) is 0.923. The molecule has 0 aromatic carbocycles. The van der Waals surface area contributed by atoms with Gasteiger partial charge in [0.1, 0.15) is 0 Å². The van der Waals surface area contributed by atoms with Crippen LogP contribution in [0.1, 0.15) is 26.7 Å². The molecule has 0 radical (unpaired) electrons. The molecule has 0 aromatic heterocycles. The minimum atomic E-state index is -2.95. The summed E-state index contributed by atoms with van der Waals surface area (Å²) in [7, 11) is -2.95. The van der Waals surface area contributed by atoms with Crippen molar-refractivity contribution in [1.82, 2.24) is 4.90 Å². The van der Waals surface area contributed by atoms with Crippen LogP contribution in [-0.4, -0.2) is 67.2 Å². The van der Waals surface area contributed by atoms with Gasteiger partial charge in [0.2, 0.25) is 5.91 Å². The van der Waals surface area contributed by atoms with Crippen LogP contribution in [0.3, 0.4) is 0 Å². The molecule has 116 valence electrons. The Hall–Kier alpha value is -0.660. The monoisotopic (exact) mass is 305 g/mol. The number of carbonyl (C=O) groups excluding carboxylic acids is 1. The van der Waals surface area contributed by atoms with Crippen molar-refractivity contribution in [1.29, 1.82) is 0 Å². The van der Waals surface area contributed by atoms with Crippen molar-refractivity contribution < 1.29 is 23.1 Å². The van der Waals surface area contributed by atoms with Crippen LogP contribution in [0.15, 0.2) is 0 Å². The van der Waals surface area contributed by atoms with Crippen molar-refractivity contribution in [3.05, 3.63) is 0 Å². The molecule has 0 saturated carbocycles. The molecular formula is C13H23NO5S. The molecule has 2 atom stereocenters. The van der Waals surface area contributed by atoms with Gasteiger partial charge >= 0.3 is 0 Å². The lowest BCUT2D eigenvalue weighted by molar-refractivity contribution is -0.167. The van der Waals surface area contributed by atoms with Crippen molar-refractivity contribution in [3.63, 3.8) is 0 Å². The van der Waals surface area contributed by atoms with E-state index in [-0.39, 0.29) is 42.5 Å². The number of hydrogen-bond donors (Lipinski definition) is 1. The SMILES string of the molecule is CC1(C)CN(C(=O)CC2CCS(=O)(=O)C2)CC(CO)O1. The van der Waals surface area contributed by atoms with Crippen LogP contribution >= 0.6 is 0 Å². The summed E-state index contributed by atoms with van der Waals surface area (Å²) in [5.41, 5.74) is -0.483. The number of nitrogens with zero attached hydrogens (tertiary/aromatic N) is 1. The standard InChI is InChI=1S/C13H23NO5S/c1-13(2)9-14(6-11(7-15)19-13)12(16)5-10-3-4-20(17,18)8-10/h10-11,15H,3-9H2,1-2H3. The number of sulfone groups is 1. The Morgan fingerprint density at radius 1 is 1.45 bits per heavy atom. The molecule has 0 aliphatic carbocycles. The van der Waals surface area contributed by atoms with Gasteiger partial charge in [0.15, 0.2) is 9.84 Å². The highest BCUT2D eigenvalue weighted by Gasteiger charge is 2.37. The summed E-state index contributed by atoms with van der Waals surface area (Å²) >= 11 is 0. The van der Waals surface area contributed by atoms with Gasteiger partial charge in [-0.1, -0.05) is 0 Å². The first-order valence-corrected chi connectivity index (χ1v) is 8.80. The predicted octanol–water partition coefficient (Wildman–Crippen LogP) is -0.190. The smallest absolute Gasteiger partial charge is 0.223 e. The van der Waals surface area contributed by atoms with E-state index in [0.29, 0.717) is 19.5 Å². The van der Waals surface area contributed by atoms with E-state index in [1.807, 2.05) is 13.8 Å². The number of ether oxygens (including phenoxy) is 1. The van der Waals surface area contributed by atoms with E-state index in [0.717, 1.165) is 0 Å². The minimum absolute atomic E-state index is 0.0399. The Balaban J connectivity index is 1.95. The third-order valence-corrected chi connectivity index (χ3v) is 5.66. The van der Waals surface area contributed by atoms with Crippen molar-refractivity contribution >= 4 is 15.7 Å². The van der Waals surface area contributed by atoms with Crippen LogP contribution in [0.2, 0.25) is 0 Å². The topological polar surface area (TPSA) is 83.9 Å². The van der Waals surface area contributed by atoms with Crippen LogP contribution in [-0.2, 0) is 19.4 Å². The van der Waals surface area contributed by atoms with Gasteiger partial charge in [-0.05, 0) is 26.2 Å². The summed E-state index contributed by atoms with van der Waals surface area (Å²) in [6.45, 7) is 4.50. The van der Waals surface area contributed by atoms with Gasteiger partial charge in [-0.15, -0.1) is 0 Å². The second kappa shape index (κ2) is 5.61. The first kappa shape index (κ1) is 15.7. The van der Waals surface area contributed by atoms with E-state index >= 15 is 0 Å². The molecule has 2 aliphatic heterocycles. The molecular weight excluding hydrogens is 282 g/mol. The molecule has 1 N–H and O–H groups in total. The number of aliphatic hydroxyl groups is 1. The van der Waals surface area contributed by atoms with Gasteiger partial charge < -0.3 is 14.7 Å². The molecule has 2 fully saturated rings. The first-order chi connectivity index (χ1) is 9.21. The van der Waals surface area contributed by atoms with Crippen LogP contribution in [0.4, 0.5) is 0 Å². The predicted molar refractivity (Wildman–Crippen MR) is 74.0 cm³/mol. The Bertz CT molecular complexity index is 473. The fourth-order valence-corrected chi connectivity index (χ4v) is 4.85. The number of rotatable bonds is 3. The van der Waals surface area contributed by atoms with Gasteiger partial charge in [-0.2, -0.15) is 0 Å². The van der Waals surface area contributed by atoms with E-state index in [9.17, 15) is 18.3 Å². The molecule has 7 heteroatoms. The molecule has 1 amide bonds. The van der Waals surface area contributed by atoms with Gasteiger partial charge in [0, 0.05) is 19.5 Å². The maximum absolute atomic E-state index is 12.3. The maximum Gasteiger partial charge on any atom is 0.223 e. The number of amides is 1. The third-order valence-electron chi connectivity index (χ3n) is 3.83. The summed E-state index contributed by atoms with van der Waals surface area (Å²) in [5.74, 6) is 0.210. The molecule has 0 aromatic rings. The van der Waals surface area contributed by atoms with Crippen molar-refractivity contribution in [3.8, 4) is 0 Å². The average molecular weight is 305 g/mol. The lowest BCUT2D eigenvalue weighted by Crippen LogP contribution is -2.55. The molecule has 0 spiro atoms. The van der Waals surface area contributed by atoms with Gasteiger partial charge in [-0.3, -0.25) is 4.79 Å². The highest BCUT2D eigenvalue weighted by molar-refractivity contribution is 7.91. The van der Waals surface area contributed by atoms with E-state index in [1.54, 1.807) is 4.90 Å². The Kier molecular flexibility index (Phi) is 4.41. The lowest BCUT2D eigenvalue weighted by atomic mass is 10.0. The summed E-state index contributed by atoms with van der Waals surface area (Å²) in [6.07, 6.45) is 0.480. The Morgan fingerprint density at radius 2 is 2.15 bits per heavy atom. The highest BCUT2D eigenvalue weighted by Crippen LogP contribution is 2.25. The normalized spacial score (nSPS) is 32.2. The van der Waals surface area contributed by atoms with Crippen LogP contribution < -0.4 is 0 Å².